The van der Waals surface area contributed by atoms with Crippen LogP contribution >= 0.6 is 0 Å². The van der Waals surface area contributed by atoms with E-state index in [4.69, 9.17) is 0 Å². The lowest BCUT2D eigenvalue weighted by Gasteiger charge is -2.39. The van der Waals surface area contributed by atoms with Crippen LogP contribution in [0.15, 0.2) is 64.4 Å². The molecule has 3 rings (SSSR count). The van der Waals surface area contributed by atoms with Crippen molar-refractivity contribution in [3.8, 4) is 0 Å². The molecular weight excluding hydrogens is 420 g/mol. The van der Waals surface area contributed by atoms with Gasteiger partial charge >= 0.3 is 0 Å². The summed E-state index contributed by atoms with van der Waals surface area (Å²) in [5, 5.41) is 0. The molecule has 0 radical (unpaired) electrons. The molecule has 0 aromatic heterocycles. The quantitative estimate of drug-likeness (QED) is 0.593. The number of hydrogen-bond donors (Lipinski definition) is 0. The van der Waals surface area contributed by atoms with E-state index < -0.39 is 20.8 Å². The van der Waals surface area contributed by atoms with Crippen molar-refractivity contribution in [2.45, 2.75) is 55.0 Å². The molecule has 1 aliphatic rings. The molecule has 0 amide bonds. The first kappa shape index (κ1) is 23.2. The molecule has 0 aliphatic heterocycles. The lowest BCUT2D eigenvalue weighted by molar-refractivity contribution is 0.173. The molecule has 30 heavy (non-hydrogen) atoms. The molecule has 6 nitrogen and oxygen atoms in total. The second-order valence-corrected chi connectivity index (χ2v) is 12.2. The predicted molar refractivity (Wildman–Crippen MR) is 118 cm³/mol. The Bertz CT molecular complexity index is 934. The summed E-state index contributed by atoms with van der Waals surface area (Å²) in [6.45, 7) is 2.42. The summed E-state index contributed by atoms with van der Waals surface area (Å²) in [6.07, 6.45) is 3.97. The van der Waals surface area contributed by atoms with Gasteiger partial charge in [0.15, 0.2) is 30.6 Å². The number of rotatable bonds is 7. The minimum Gasteiger partial charge on any atom is -0.593 e. The highest BCUT2D eigenvalue weighted by molar-refractivity contribution is 7.95. The Morgan fingerprint density at radius 3 is 1.93 bits per heavy atom. The standard InChI is InChI=1S/C22H30N2O4S2/c1-18-9-7-8-12-22(18)24(17-19-10-5-4-6-11-19)30(27,28)21-15-13-20(14-16-21)29(25,26)23(2)3/h4-6,10-11,13-16,18,22H,7-9,12,17H2,1-3H3. The van der Waals surface area contributed by atoms with Gasteiger partial charge in [0.1, 0.15) is 0 Å². The summed E-state index contributed by atoms with van der Waals surface area (Å²) >= 11 is 0. The lowest BCUT2D eigenvalue weighted by atomic mass is 9.86. The summed E-state index contributed by atoms with van der Waals surface area (Å²) in [4.78, 5) is 0.195. The van der Waals surface area contributed by atoms with Crippen molar-refractivity contribution < 1.29 is 17.5 Å². The van der Waals surface area contributed by atoms with Gasteiger partial charge in [0.2, 0.25) is 0 Å². The van der Waals surface area contributed by atoms with Crippen LogP contribution in [-0.2, 0) is 35.8 Å². The zero-order valence-corrected chi connectivity index (χ0v) is 19.4. The molecule has 2 aromatic carbocycles. The Labute approximate surface area is 182 Å². The minimum atomic E-state index is -3.79. The summed E-state index contributed by atoms with van der Waals surface area (Å²) in [5.41, 5.74) is 0.936. The van der Waals surface area contributed by atoms with E-state index in [9.17, 15) is 17.5 Å². The van der Waals surface area contributed by atoms with E-state index in [1.54, 1.807) is 4.31 Å². The van der Waals surface area contributed by atoms with Crippen molar-refractivity contribution in [3.05, 3.63) is 60.2 Å². The highest BCUT2D eigenvalue weighted by Crippen LogP contribution is 2.35. The fraction of sp³-hybridized carbons (Fsp3) is 0.455. The maximum absolute atomic E-state index is 13.6. The molecule has 8 heteroatoms. The molecule has 164 valence electrons. The van der Waals surface area contributed by atoms with Crippen LogP contribution in [0.2, 0.25) is 0 Å². The number of benzene rings is 2. The second kappa shape index (κ2) is 9.38. The average Bonchev–Trinajstić information content (AvgIpc) is 2.73. The van der Waals surface area contributed by atoms with Crippen LogP contribution < -0.4 is 0 Å². The topological polar surface area (TPSA) is 86.7 Å². The maximum Gasteiger partial charge on any atom is 0.175 e. The Kier molecular flexibility index (Phi) is 7.27. The van der Waals surface area contributed by atoms with Gasteiger partial charge in [-0.3, -0.25) is 0 Å². The van der Waals surface area contributed by atoms with Crippen molar-refractivity contribution in [1.29, 1.82) is 0 Å². The predicted octanol–water partition coefficient (Wildman–Crippen LogP) is 4.14. The fourth-order valence-corrected chi connectivity index (χ4v) is 6.64. The zero-order chi connectivity index (χ0) is 21.9. The molecular formula is C22H30N2O4S2. The number of hydrogen-bond acceptors (Lipinski definition) is 4. The van der Waals surface area contributed by atoms with Gasteiger partial charge in [0, 0.05) is 14.1 Å². The Morgan fingerprint density at radius 2 is 1.40 bits per heavy atom. The van der Waals surface area contributed by atoms with Gasteiger partial charge in [0.05, 0.1) is 12.6 Å². The van der Waals surface area contributed by atoms with Crippen molar-refractivity contribution in [3.63, 3.8) is 0 Å². The molecule has 1 fully saturated rings. The van der Waals surface area contributed by atoms with Gasteiger partial charge in [-0.2, -0.15) is 0 Å². The van der Waals surface area contributed by atoms with Crippen LogP contribution in [0, 0.1) is 5.92 Å². The van der Waals surface area contributed by atoms with E-state index in [0.717, 1.165) is 35.6 Å². The molecule has 4 unspecified atom stereocenters. The zero-order valence-electron chi connectivity index (χ0n) is 17.7. The van der Waals surface area contributed by atoms with Crippen LogP contribution in [-0.4, -0.2) is 37.9 Å². The van der Waals surface area contributed by atoms with Gasteiger partial charge in [-0.25, -0.2) is 0 Å². The van der Waals surface area contributed by atoms with Gasteiger partial charge < -0.3 is 9.11 Å². The molecule has 0 spiro atoms. The van der Waals surface area contributed by atoms with Crippen molar-refractivity contribution in [1.82, 2.24) is 8.61 Å². The Morgan fingerprint density at radius 1 is 0.867 bits per heavy atom. The first-order valence-electron chi connectivity index (χ1n) is 10.2. The Balaban J connectivity index is 1.96. The Hall–Kier alpha value is -1.42. The minimum absolute atomic E-state index is 0.0749. The molecule has 1 aliphatic carbocycles. The first-order valence-corrected chi connectivity index (χ1v) is 13.1. The highest BCUT2D eigenvalue weighted by atomic mass is 32.3. The molecule has 0 heterocycles. The second-order valence-electron chi connectivity index (χ2n) is 8.12. The van der Waals surface area contributed by atoms with Gasteiger partial charge in [-0.1, -0.05) is 58.5 Å². The summed E-state index contributed by atoms with van der Waals surface area (Å²) in [5.74, 6) is 0.269. The molecule has 0 bridgehead atoms. The molecule has 1 saturated carbocycles. The average molecular weight is 451 g/mol. The van der Waals surface area contributed by atoms with Gasteiger partial charge in [0.25, 0.3) is 0 Å². The SMILES string of the molecule is CC1CCCCC1N(Cc1ccccc1)[S+](=O)([O-])c1ccc([S+](=O)([O-])N(C)C)cc1. The van der Waals surface area contributed by atoms with Crippen LogP contribution in [0.4, 0.5) is 0 Å². The monoisotopic (exact) mass is 450 g/mol. The smallest absolute Gasteiger partial charge is 0.175 e. The summed E-state index contributed by atoms with van der Waals surface area (Å²) in [7, 11) is -4.50. The first-order chi connectivity index (χ1) is 14.1. The van der Waals surface area contributed by atoms with Crippen LogP contribution in [0.3, 0.4) is 0 Å². The van der Waals surface area contributed by atoms with E-state index in [1.165, 1.54) is 38.4 Å². The molecule has 0 saturated heterocycles. The van der Waals surface area contributed by atoms with Crippen molar-refractivity contribution in [2.24, 2.45) is 5.92 Å². The van der Waals surface area contributed by atoms with Crippen LogP contribution in [0.5, 0.6) is 0 Å². The fourth-order valence-electron chi connectivity index (χ4n) is 4.00. The van der Waals surface area contributed by atoms with Crippen molar-refractivity contribution >= 4 is 20.8 Å². The molecule has 0 N–H and O–H groups in total. The maximum atomic E-state index is 13.6. The van der Waals surface area contributed by atoms with E-state index in [-0.39, 0.29) is 21.8 Å². The largest absolute Gasteiger partial charge is 0.593 e. The third-order valence-electron chi connectivity index (χ3n) is 5.83. The molecule has 2 aromatic rings. The highest BCUT2D eigenvalue weighted by Gasteiger charge is 2.40. The van der Waals surface area contributed by atoms with E-state index >= 15 is 0 Å². The van der Waals surface area contributed by atoms with Gasteiger partial charge in [-0.05, 0) is 48.6 Å². The summed E-state index contributed by atoms with van der Waals surface area (Å²) < 4.78 is 54.7. The van der Waals surface area contributed by atoms with Gasteiger partial charge in [-0.15, -0.1) is 8.61 Å². The van der Waals surface area contributed by atoms with Crippen LogP contribution in [0.1, 0.15) is 38.2 Å². The third-order valence-corrected chi connectivity index (χ3v) is 9.54. The van der Waals surface area contributed by atoms with Crippen LogP contribution in [0.25, 0.3) is 0 Å². The molecule has 4 atom stereocenters. The van der Waals surface area contributed by atoms with E-state index in [2.05, 4.69) is 6.92 Å². The number of sulfonamides is 2. The van der Waals surface area contributed by atoms with Crippen molar-refractivity contribution in [2.75, 3.05) is 14.1 Å². The summed E-state index contributed by atoms with van der Waals surface area (Å²) in [6, 6.07) is 15.1. The van der Waals surface area contributed by atoms with E-state index in [1.807, 2.05) is 30.3 Å². The van der Waals surface area contributed by atoms with E-state index in [0.29, 0.717) is 6.54 Å². The third kappa shape index (κ3) is 4.90. The number of nitrogens with zero attached hydrogens (tertiary/aromatic N) is 2. The normalized spacial score (nSPS) is 23.8. The lowest BCUT2D eigenvalue weighted by Crippen LogP contribution is -2.47.